The Hall–Kier alpha value is -1.68. The van der Waals surface area contributed by atoms with Gasteiger partial charge in [0.05, 0.1) is 0 Å². The van der Waals surface area contributed by atoms with Crippen molar-refractivity contribution in [3.8, 4) is 0 Å². The van der Waals surface area contributed by atoms with E-state index in [9.17, 15) is 4.79 Å². The molecule has 3 nitrogen and oxygen atoms in total. The predicted molar refractivity (Wildman–Crippen MR) is 80.5 cm³/mol. The third-order valence-corrected chi connectivity index (χ3v) is 3.34. The molecule has 1 aromatic heterocycles. The number of carbonyl (C=O) groups is 1. The smallest absolute Gasteiger partial charge is 0.274 e. The van der Waals surface area contributed by atoms with E-state index in [-0.39, 0.29) is 5.91 Å². The van der Waals surface area contributed by atoms with Crippen LogP contribution in [0.2, 0.25) is 0 Å². The van der Waals surface area contributed by atoms with Gasteiger partial charge in [-0.05, 0) is 60.0 Å². The SMILES string of the molecule is Cc1cc(C)c(NC(=O)c2ccc(Br)cn2)c(C)c1. The third kappa shape index (κ3) is 3.20. The van der Waals surface area contributed by atoms with E-state index in [1.165, 1.54) is 5.56 Å². The van der Waals surface area contributed by atoms with Crippen molar-refractivity contribution in [2.24, 2.45) is 0 Å². The maximum absolute atomic E-state index is 12.1. The zero-order chi connectivity index (χ0) is 14.0. The Morgan fingerprint density at radius 1 is 1.16 bits per heavy atom. The summed E-state index contributed by atoms with van der Waals surface area (Å²) in [6.07, 6.45) is 1.61. The maximum Gasteiger partial charge on any atom is 0.274 e. The van der Waals surface area contributed by atoms with Crippen molar-refractivity contribution in [1.82, 2.24) is 4.98 Å². The van der Waals surface area contributed by atoms with Gasteiger partial charge in [0.1, 0.15) is 5.69 Å². The second kappa shape index (κ2) is 5.53. The average molecular weight is 319 g/mol. The number of nitrogens with zero attached hydrogens (tertiary/aromatic N) is 1. The summed E-state index contributed by atoms with van der Waals surface area (Å²) in [5.41, 5.74) is 4.57. The van der Waals surface area contributed by atoms with Crippen LogP contribution in [0.4, 0.5) is 5.69 Å². The number of aromatic nitrogens is 1. The molecule has 19 heavy (non-hydrogen) atoms. The van der Waals surface area contributed by atoms with E-state index in [4.69, 9.17) is 0 Å². The van der Waals surface area contributed by atoms with Crippen molar-refractivity contribution >= 4 is 27.5 Å². The molecule has 0 aliphatic carbocycles. The fourth-order valence-corrected chi connectivity index (χ4v) is 2.30. The lowest BCUT2D eigenvalue weighted by Gasteiger charge is -2.12. The van der Waals surface area contributed by atoms with Crippen LogP contribution >= 0.6 is 15.9 Å². The van der Waals surface area contributed by atoms with Gasteiger partial charge in [0.2, 0.25) is 0 Å². The average Bonchev–Trinajstić information content (AvgIpc) is 2.34. The van der Waals surface area contributed by atoms with Crippen molar-refractivity contribution in [3.63, 3.8) is 0 Å². The minimum atomic E-state index is -0.192. The molecule has 0 radical (unpaired) electrons. The summed E-state index contributed by atoms with van der Waals surface area (Å²) in [6.45, 7) is 6.02. The molecule has 0 saturated heterocycles. The highest BCUT2D eigenvalue weighted by atomic mass is 79.9. The van der Waals surface area contributed by atoms with Gasteiger partial charge in [0, 0.05) is 16.4 Å². The quantitative estimate of drug-likeness (QED) is 0.908. The molecule has 0 atom stereocenters. The number of hydrogen-bond donors (Lipinski definition) is 1. The number of anilines is 1. The minimum Gasteiger partial charge on any atom is -0.320 e. The predicted octanol–water partition coefficient (Wildman–Crippen LogP) is 4.02. The number of aryl methyl sites for hydroxylation is 3. The number of hydrogen-bond acceptors (Lipinski definition) is 2. The highest BCUT2D eigenvalue weighted by Gasteiger charge is 2.11. The molecule has 0 spiro atoms. The number of rotatable bonds is 2. The van der Waals surface area contributed by atoms with Gasteiger partial charge in [-0.1, -0.05) is 17.7 Å². The van der Waals surface area contributed by atoms with Crippen molar-refractivity contribution in [2.45, 2.75) is 20.8 Å². The molecule has 2 aromatic rings. The summed E-state index contributed by atoms with van der Waals surface area (Å²) < 4.78 is 0.853. The second-order valence-corrected chi connectivity index (χ2v) is 5.51. The molecule has 1 amide bonds. The first kappa shape index (κ1) is 13.7. The lowest BCUT2D eigenvalue weighted by atomic mass is 10.0. The van der Waals surface area contributed by atoms with E-state index in [1.54, 1.807) is 18.3 Å². The molecule has 2 rings (SSSR count). The standard InChI is InChI=1S/C15H15BrN2O/c1-9-6-10(2)14(11(3)7-9)18-15(19)13-5-4-12(16)8-17-13/h4-8H,1-3H3,(H,18,19). The van der Waals surface area contributed by atoms with Crippen LogP contribution in [0.25, 0.3) is 0 Å². The van der Waals surface area contributed by atoms with Crippen LogP contribution in [0.5, 0.6) is 0 Å². The van der Waals surface area contributed by atoms with Crippen molar-refractivity contribution in [2.75, 3.05) is 5.32 Å². The Morgan fingerprint density at radius 2 is 1.79 bits per heavy atom. The molecule has 0 unspecified atom stereocenters. The van der Waals surface area contributed by atoms with Crippen LogP contribution in [0.1, 0.15) is 27.2 Å². The molecule has 0 bridgehead atoms. The normalized spacial score (nSPS) is 10.3. The zero-order valence-corrected chi connectivity index (χ0v) is 12.7. The highest BCUT2D eigenvalue weighted by molar-refractivity contribution is 9.10. The zero-order valence-electron chi connectivity index (χ0n) is 11.1. The van der Waals surface area contributed by atoms with Crippen LogP contribution in [-0.4, -0.2) is 10.9 Å². The highest BCUT2D eigenvalue weighted by Crippen LogP contribution is 2.22. The first-order valence-corrected chi connectivity index (χ1v) is 6.77. The lowest BCUT2D eigenvalue weighted by molar-refractivity contribution is 0.102. The van der Waals surface area contributed by atoms with Gasteiger partial charge in [-0.2, -0.15) is 0 Å². The third-order valence-electron chi connectivity index (χ3n) is 2.88. The van der Waals surface area contributed by atoms with Crippen LogP contribution in [-0.2, 0) is 0 Å². The van der Waals surface area contributed by atoms with E-state index in [0.717, 1.165) is 21.3 Å². The molecule has 1 aromatic carbocycles. The van der Waals surface area contributed by atoms with Gasteiger partial charge in [-0.15, -0.1) is 0 Å². The molecule has 1 heterocycles. The Bertz CT molecular complexity index is 598. The Morgan fingerprint density at radius 3 is 2.32 bits per heavy atom. The van der Waals surface area contributed by atoms with E-state index in [1.807, 2.05) is 20.8 Å². The van der Waals surface area contributed by atoms with E-state index < -0.39 is 0 Å². The Balaban J connectivity index is 2.26. The van der Waals surface area contributed by atoms with E-state index in [2.05, 4.69) is 38.4 Å². The molecular formula is C15H15BrN2O. The van der Waals surface area contributed by atoms with E-state index >= 15 is 0 Å². The summed E-state index contributed by atoms with van der Waals surface area (Å²) >= 11 is 3.30. The molecule has 0 aliphatic heterocycles. The molecule has 98 valence electrons. The fourth-order valence-electron chi connectivity index (χ4n) is 2.06. The van der Waals surface area contributed by atoms with Crippen molar-refractivity contribution in [1.29, 1.82) is 0 Å². The van der Waals surface area contributed by atoms with Crippen LogP contribution in [0.15, 0.2) is 34.9 Å². The molecule has 0 aliphatic rings. The van der Waals surface area contributed by atoms with Gasteiger partial charge >= 0.3 is 0 Å². The van der Waals surface area contributed by atoms with Gasteiger partial charge in [0.15, 0.2) is 0 Å². The summed E-state index contributed by atoms with van der Waals surface area (Å²) in [7, 11) is 0. The topological polar surface area (TPSA) is 42.0 Å². The molecular weight excluding hydrogens is 304 g/mol. The lowest BCUT2D eigenvalue weighted by Crippen LogP contribution is -2.15. The second-order valence-electron chi connectivity index (χ2n) is 4.59. The Kier molecular flexibility index (Phi) is 4.00. The number of pyridine rings is 1. The molecule has 1 N–H and O–H groups in total. The summed E-state index contributed by atoms with van der Waals surface area (Å²) in [5.74, 6) is -0.192. The molecule has 4 heteroatoms. The number of carbonyl (C=O) groups excluding carboxylic acids is 1. The number of benzene rings is 1. The van der Waals surface area contributed by atoms with Crippen molar-refractivity contribution < 1.29 is 4.79 Å². The first-order chi connectivity index (χ1) is 8.97. The number of halogens is 1. The van der Waals surface area contributed by atoms with Gasteiger partial charge in [-0.3, -0.25) is 4.79 Å². The molecule has 0 fully saturated rings. The minimum absolute atomic E-state index is 0.192. The monoisotopic (exact) mass is 318 g/mol. The van der Waals surface area contributed by atoms with Gasteiger partial charge in [0.25, 0.3) is 5.91 Å². The van der Waals surface area contributed by atoms with Crippen LogP contribution < -0.4 is 5.32 Å². The largest absolute Gasteiger partial charge is 0.320 e. The summed E-state index contributed by atoms with van der Waals surface area (Å²) in [6, 6.07) is 7.60. The van der Waals surface area contributed by atoms with Crippen molar-refractivity contribution in [3.05, 3.63) is 57.3 Å². The van der Waals surface area contributed by atoms with Crippen LogP contribution in [0.3, 0.4) is 0 Å². The van der Waals surface area contributed by atoms with E-state index in [0.29, 0.717) is 5.69 Å². The maximum atomic E-state index is 12.1. The van der Waals surface area contributed by atoms with Crippen LogP contribution in [0, 0.1) is 20.8 Å². The first-order valence-electron chi connectivity index (χ1n) is 5.98. The number of nitrogens with one attached hydrogen (secondary N) is 1. The Labute approximate surface area is 121 Å². The molecule has 0 saturated carbocycles. The van der Waals surface area contributed by atoms with Gasteiger partial charge in [-0.25, -0.2) is 4.98 Å². The summed E-state index contributed by atoms with van der Waals surface area (Å²) in [4.78, 5) is 16.2. The summed E-state index contributed by atoms with van der Waals surface area (Å²) in [5, 5.41) is 2.92. The number of amides is 1. The fraction of sp³-hybridized carbons (Fsp3) is 0.200. The van der Waals surface area contributed by atoms with Gasteiger partial charge < -0.3 is 5.32 Å².